The molecule has 0 saturated carbocycles. The lowest BCUT2D eigenvalue weighted by Gasteiger charge is -2.12. The summed E-state index contributed by atoms with van der Waals surface area (Å²) in [6.07, 6.45) is 4.51. The standard InChI is InChI=1S/C18H20N2O3S/c1-11(21)19-13-7-8-15(23-2)14(10-13)20-18(22)17-9-12-5-3-4-6-16(12)24-17/h7-10H,3-6H2,1-2H3,(H,19,21)(H,20,22). The van der Waals surface area contributed by atoms with Gasteiger partial charge in [0.25, 0.3) is 5.91 Å². The second-order valence-electron chi connectivity index (χ2n) is 5.82. The molecule has 0 bridgehead atoms. The molecule has 1 aliphatic rings. The van der Waals surface area contributed by atoms with Gasteiger partial charge in [0, 0.05) is 17.5 Å². The summed E-state index contributed by atoms with van der Waals surface area (Å²) in [6, 6.07) is 7.16. The summed E-state index contributed by atoms with van der Waals surface area (Å²) in [5.74, 6) is 0.245. The highest BCUT2D eigenvalue weighted by molar-refractivity contribution is 7.14. The Kier molecular flexibility index (Phi) is 4.85. The minimum absolute atomic E-state index is 0.146. The second kappa shape index (κ2) is 7.05. The Labute approximate surface area is 145 Å². The lowest BCUT2D eigenvalue weighted by Crippen LogP contribution is -2.12. The van der Waals surface area contributed by atoms with Crippen molar-refractivity contribution in [2.75, 3.05) is 17.7 Å². The van der Waals surface area contributed by atoms with E-state index in [0.717, 1.165) is 12.8 Å². The number of methoxy groups -OCH3 is 1. The zero-order valence-corrected chi connectivity index (χ0v) is 14.6. The summed E-state index contributed by atoms with van der Waals surface area (Å²) in [6.45, 7) is 1.44. The molecule has 2 amide bonds. The molecule has 1 aliphatic carbocycles. The number of fused-ring (bicyclic) bond motifs is 1. The molecule has 24 heavy (non-hydrogen) atoms. The van der Waals surface area contributed by atoms with Gasteiger partial charge in [-0.05, 0) is 55.5 Å². The van der Waals surface area contributed by atoms with Gasteiger partial charge in [-0.25, -0.2) is 0 Å². The van der Waals surface area contributed by atoms with Crippen molar-refractivity contribution in [1.82, 2.24) is 0 Å². The molecule has 2 N–H and O–H groups in total. The Hall–Kier alpha value is -2.34. The molecule has 1 aromatic heterocycles. The normalized spacial score (nSPS) is 13.1. The van der Waals surface area contributed by atoms with Gasteiger partial charge in [-0.15, -0.1) is 11.3 Å². The van der Waals surface area contributed by atoms with E-state index in [2.05, 4.69) is 10.6 Å². The number of amides is 2. The van der Waals surface area contributed by atoms with E-state index in [1.165, 1.54) is 30.2 Å². The first-order chi connectivity index (χ1) is 11.6. The van der Waals surface area contributed by atoms with Crippen LogP contribution in [0.4, 0.5) is 11.4 Å². The Balaban J connectivity index is 1.82. The molecule has 0 saturated heterocycles. The van der Waals surface area contributed by atoms with E-state index in [4.69, 9.17) is 4.74 Å². The van der Waals surface area contributed by atoms with Crippen LogP contribution in [0.15, 0.2) is 24.3 Å². The van der Waals surface area contributed by atoms with Crippen LogP contribution in [0.2, 0.25) is 0 Å². The van der Waals surface area contributed by atoms with Gasteiger partial charge in [0.2, 0.25) is 5.91 Å². The maximum absolute atomic E-state index is 12.6. The van der Waals surface area contributed by atoms with Crippen molar-refractivity contribution in [2.24, 2.45) is 0 Å². The fourth-order valence-corrected chi connectivity index (χ4v) is 4.02. The van der Waals surface area contributed by atoms with Crippen molar-refractivity contribution in [3.8, 4) is 5.75 Å². The zero-order valence-electron chi connectivity index (χ0n) is 13.8. The Bertz CT molecular complexity index is 759. The van der Waals surface area contributed by atoms with Gasteiger partial charge in [-0.2, -0.15) is 0 Å². The summed E-state index contributed by atoms with van der Waals surface area (Å²) in [5, 5.41) is 5.60. The number of aryl methyl sites for hydroxylation is 2. The van der Waals surface area contributed by atoms with Crippen molar-refractivity contribution in [3.63, 3.8) is 0 Å². The summed E-state index contributed by atoms with van der Waals surface area (Å²) < 4.78 is 5.30. The van der Waals surface area contributed by atoms with E-state index < -0.39 is 0 Å². The Morgan fingerprint density at radius 1 is 1.12 bits per heavy atom. The number of thiophene rings is 1. The summed E-state index contributed by atoms with van der Waals surface area (Å²) >= 11 is 1.57. The van der Waals surface area contributed by atoms with Gasteiger partial charge < -0.3 is 15.4 Å². The number of hydrogen-bond acceptors (Lipinski definition) is 4. The van der Waals surface area contributed by atoms with E-state index in [1.807, 2.05) is 6.07 Å². The highest BCUT2D eigenvalue weighted by atomic mass is 32.1. The third-order valence-corrected chi connectivity index (χ3v) is 5.22. The Morgan fingerprint density at radius 2 is 1.92 bits per heavy atom. The smallest absolute Gasteiger partial charge is 0.265 e. The van der Waals surface area contributed by atoms with Crippen molar-refractivity contribution in [3.05, 3.63) is 39.6 Å². The van der Waals surface area contributed by atoms with Crippen molar-refractivity contribution in [1.29, 1.82) is 0 Å². The minimum atomic E-state index is -0.164. The summed E-state index contributed by atoms with van der Waals surface area (Å²) in [7, 11) is 1.55. The van der Waals surface area contributed by atoms with Crippen molar-refractivity contribution in [2.45, 2.75) is 32.6 Å². The molecule has 2 aromatic rings. The fraction of sp³-hybridized carbons (Fsp3) is 0.333. The quantitative estimate of drug-likeness (QED) is 0.885. The third-order valence-electron chi connectivity index (χ3n) is 3.99. The predicted molar refractivity (Wildman–Crippen MR) is 96.2 cm³/mol. The third kappa shape index (κ3) is 3.59. The van der Waals surface area contributed by atoms with Gasteiger partial charge in [0.15, 0.2) is 0 Å². The van der Waals surface area contributed by atoms with Gasteiger partial charge >= 0.3 is 0 Å². The van der Waals surface area contributed by atoms with E-state index in [-0.39, 0.29) is 11.8 Å². The van der Waals surface area contributed by atoms with Gasteiger partial charge in [0.05, 0.1) is 17.7 Å². The first-order valence-corrected chi connectivity index (χ1v) is 8.77. The number of nitrogens with one attached hydrogen (secondary N) is 2. The van der Waals surface area contributed by atoms with Gasteiger partial charge in [0.1, 0.15) is 5.75 Å². The number of benzene rings is 1. The molecule has 0 radical (unpaired) electrons. The first kappa shape index (κ1) is 16.5. The molecule has 0 aliphatic heterocycles. The van der Waals surface area contributed by atoms with Crippen LogP contribution in [-0.2, 0) is 17.6 Å². The molecule has 126 valence electrons. The van der Waals surface area contributed by atoms with Crippen LogP contribution >= 0.6 is 11.3 Å². The van der Waals surface area contributed by atoms with Crippen LogP contribution in [0, 0.1) is 0 Å². The van der Waals surface area contributed by atoms with Crippen LogP contribution in [0.3, 0.4) is 0 Å². The molecular weight excluding hydrogens is 324 g/mol. The van der Waals surface area contributed by atoms with Gasteiger partial charge in [-0.3, -0.25) is 9.59 Å². The van der Waals surface area contributed by atoms with E-state index in [0.29, 0.717) is 22.0 Å². The molecule has 0 spiro atoms. The van der Waals surface area contributed by atoms with Crippen LogP contribution < -0.4 is 15.4 Å². The molecule has 0 fully saturated rings. The van der Waals surface area contributed by atoms with E-state index >= 15 is 0 Å². The molecular formula is C18H20N2O3S. The maximum atomic E-state index is 12.6. The number of ether oxygens (including phenoxy) is 1. The Morgan fingerprint density at radius 3 is 2.62 bits per heavy atom. The van der Waals surface area contributed by atoms with E-state index in [9.17, 15) is 9.59 Å². The summed E-state index contributed by atoms with van der Waals surface area (Å²) in [5.41, 5.74) is 2.46. The number of rotatable bonds is 4. The van der Waals surface area contributed by atoms with Crippen LogP contribution in [-0.4, -0.2) is 18.9 Å². The monoisotopic (exact) mass is 344 g/mol. The highest BCUT2D eigenvalue weighted by Gasteiger charge is 2.18. The zero-order chi connectivity index (χ0) is 17.1. The van der Waals surface area contributed by atoms with Crippen LogP contribution in [0.25, 0.3) is 0 Å². The highest BCUT2D eigenvalue weighted by Crippen LogP contribution is 2.32. The molecule has 5 nitrogen and oxygen atoms in total. The second-order valence-corrected chi connectivity index (χ2v) is 6.95. The van der Waals surface area contributed by atoms with Crippen molar-refractivity contribution >= 4 is 34.5 Å². The average molecular weight is 344 g/mol. The number of carbonyl (C=O) groups excluding carboxylic acids is 2. The lowest BCUT2D eigenvalue weighted by atomic mass is 9.99. The summed E-state index contributed by atoms with van der Waals surface area (Å²) in [4.78, 5) is 25.8. The molecule has 3 rings (SSSR count). The molecule has 0 atom stereocenters. The fourth-order valence-electron chi connectivity index (χ4n) is 2.87. The number of anilines is 2. The molecule has 1 aromatic carbocycles. The number of hydrogen-bond donors (Lipinski definition) is 2. The van der Waals surface area contributed by atoms with Crippen molar-refractivity contribution < 1.29 is 14.3 Å². The lowest BCUT2D eigenvalue weighted by molar-refractivity contribution is -0.114. The maximum Gasteiger partial charge on any atom is 0.265 e. The van der Waals surface area contributed by atoms with Crippen LogP contribution in [0.5, 0.6) is 5.75 Å². The van der Waals surface area contributed by atoms with E-state index in [1.54, 1.807) is 36.6 Å². The molecule has 0 unspecified atom stereocenters. The minimum Gasteiger partial charge on any atom is -0.495 e. The predicted octanol–water partition coefficient (Wildman–Crippen LogP) is 3.85. The number of carbonyl (C=O) groups is 2. The average Bonchev–Trinajstić information content (AvgIpc) is 2.99. The first-order valence-electron chi connectivity index (χ1n) is 7.95. The van der Waals surface area contributed by atoms with Gasteiger partial charge in [-0.1, -0.05) is 0 Å². The largest absolute Gasteiger partial charge is 0.495 e. The van der Waals surface area contributed by atoms with Crippen LogP contribution in [0.1, 0.15) is 39.9 Å². The molecule has 6 heteroatoms. The molecule has 1 heterocycles. The SMILES string of the molecule is COc1ccc(NC(C)=O)cc1NC(=O)c1cc2c(s1)CCCC2. The topological polar surface area (TPSA) is 67.4 Å².